The highest BCUT2D eigenvalue weighted by Crippen LogP contribution is 2.48. The Morgan fingerprint density at radius 3 is 1.68 bits per heavy atom. The van der Waals surface area contributed by atoms with Crippen LogP contribution in [0.15, 0.2) is 162 Å². The van der Waals surface area contributed by atoms with E-state index >= 15 is 0 Å². The number of anilines is 6. The molecule has 2 aliphatic rings. The zero-order chi connectivity index (χ0) is 39.2. The number of aryl methyl sites for hydroxylation is 1. The predicted molar refractivity (Wildman–Crippen MR) is 243 cm³/mol. The molecular weight excluding hydrogens is 691 g/mol. The van der Waals surface area contributed by atoms with Gasteiger partial charge in [0.15, 0.2) is 0 Å². The van der Waals surface area contributed by atoms with Crippen LogP contribution in [0.25, 0.3) is 33.2 Å². The summed E-state index contributed by atoms with van der Waals surface area (Å²) >= 11 is 0. The molecule has 0 amide bonds. The Morgan fingerprint density at radius 2 is 1.04 bits per heavy atom. The first-order valence-electron chi connectivity index (χ1n) is 20.2. The van der Waals surface area contributed by atoms with Crippen LogP contribution in [0, 0.1) is 6.92 Å². The lowest BCUT2D eigenvalue weighted by Gasteiger charge is -2.43. The van der Waals surface area contributed by atoms with Gasteiger partial charge in [-0.2, -0.15) is 0 Å². The molecule has 3 nitrogen and oxygen atoms in total. The monoisotopic (exact) mass is 738 g/mol. The van der Waals surface area contributed by atoms with Crippen LogP contribution in [0.4, 0.5) is 34.1 Å². The minimum Gasteiger partial charge on any atom is -0.468 e. The van der Waals surface area contributed by atoms with Crippen LogP contribution in [-0.4, -0.2) is 6.71 Å². The second-order valence-electron chi connectivity index (χ2n) is 17.9. The Morgan fingerprint density at radius 1 is 0.474 bits per heavy atom. The first kappa shape index (κ1) is 35.2. The van der Waals surface area contributed by atoms with Gasteiger partial charge in [0.05, 0.1) is 11.3 Å². The van der Waals surface area contributed by atoms with Crippen LogP contribution in [0.1, 0.15) is 58.2 Å². The van der Waals surface area contributed by atoms with Gasteiger partial charge in [0.1, 0.15) is 5.58 Å². The average Bonchev–Trinajstić information content (AvgIpc) is 3.59. The van der Waals surface area contributed by atoms with E-state index in [1.165, 1.54) is 66.9 Å². The first-order chi connectivity index (χ1) is 27.4. The van der Waals surface area contributed by atoms with E-state index in [9.17, 15) is 0 Å². The average molecular weight is 739 g/mol. The third-order valence-electron chi connectivity index (χ3n) is 12.0. The molecule has 0 atom stereocenters. The van der Waals surface area contributed by atoms with Crippen molar-refractivity contribution < 1.29 is 4.42 Å². The summed E-state index contributed by atoms with van der Waals surface area (Å²) in [7, 11) is 0. The minimum atomic E-state index is -0.102. The van der Waals surface area contributed by atoms with E-state index in [-0.39, 0.29) is 17.5 Å². The Hall–Kier alpha value is -6.26. The molecular formula is C53H47BN2O. The van der Waals surface area contributed by atoms with Crippen molar-refractivity contribution in [1.82, 2.24) is 0 Å². The van der Waals surface area contributed by atoms with Crippen LogP contribution in [0.5, 0.6) is 0 Å². The van der Waals surface area contributed by atoms with Gasteiger partial charge in [0, 0.05) is 33.8 Å². The van der Waals surface area contributed by atoms with Crippen LogP contribution in [0.2, 0.25) is 0 Å². The summed E-state index contributed by atoms with van der Waals surface area (Å²) in [5, 5.41) is 1.11. The van der Waals surface area contributed by atoms with Crippen molar-refractivity contribution in [2.45, 2.75) is 59.3 Å². The smallest absolute Gasteiger partial charge is 0.297 e. The summed E-state index contributed by atoms with van der Waals surface area (Å²) < 4.78 is 7.08. The predicted octanol–water partition coefficient (Wildman–Crippen LogP) is 12.8. The highest BCUT2D eigenvalue weighted by Gasteiger charge is 2.46. The lowest BCUT2D eigenvalue weighted by Crippen LogP contribution is -2.61. The molecule has 57 heavy (non-hydrogen) atoms. The molecule has 0 radical (unpaired) electrons. The van der Waals surface area contributed by atoms with Crippen molar-refractivity contribution in [3.63, 3.8) is 0 Å². The molecule has 2 aliphatic heterocycles. The molecule has 0 fully saturated rings. The molecule has 8 aromatic rings. The second kappa shape index (κ2) is 12.9. The molecule has 0 saturated heterocycles. The number of furan rings is 1. The highest BCUT2D eigenvalue weighted by molar-refractivity contribution is 7.00. The van der Waals surface area contributed by atoms with Gasteiger partial charge >= 0.3 is 0 Å². The number of hydrogen-bond acceptors (Lipinski definition) is 3. The maximum absolute atomic E-state index is 7.08. The molecule has 1 aromatic heterocycles. The van der Waals surface area contributed by atoms with E-state index in [1.807, 2.05) is 0 Å². The number of hydrogen-bond donors (Lipinski definition) is 0. The van der Waals surface area contributed by atoms with E-state index in [0.717, 1.165) is 33.7 Å². The fourth-order valence-electron chi connectivity index (χ4n) is 9.01. The van der Waals surface area contributed by atoms with Gasteiger partial charge in [-0.25, -0.2) is 0 Å². The number of para-hydroxylation sites is 2. The third kappa shape index (κ3) is 5.81. The summed E-state index contributed by atoms with van der Waals surface area (Å²) in [6, 6.07) is 58.3. The van der Waals surface area contributed by atoms with E-state index < -0.39 is 0 Å². The molecule has 278 valence electrons. The lowest BCUT2D eigenvalue weighted by molar-refractivity contribution is 0.590. The number of fused-ring (bicyclic) bond motifs is 6. The molecule has 0 spiro atoms. The number of benzene rings is 7. The van der Waals surface area contributed by atoms with Crippen LogP contribution < -0.4 is 26.4 Å². The first-order valence-corrected chi connectivity index (χ1v) is 20.2. The standard InChI is InChI=1S/C53H47BN2O/c1-34-30-46-49-47(31-34)56(42-17-13-14-37(32-42)35-20-25-39(26-21-35)52(2,3)4)50-43-18-11-12-19-48(43)57-51(50)54(49)44-29-24-38(36-22-27-40(28-23-36)53(5,6)7)33-45(44)55(46)41-15-9-8-10-16-41/h8-33H,1-7H3. The quantitative estimate of drug-likeness (QED) is 0.168. The summed E-state index contributed by atoms with van der Waals surface area (Å²) in [4.78, 5) is 4.94. The minimum absolute atomic E-state index is 0.0932. The van der Waals surface area contributed by atoms with Gasteiger partial charge in [-0.15, -0.1) is 0 Å². The van der Waals surface area contributed by atoms with Crippen molar-refractivity contribution >= 4 is 68.4 Å². The second-order valence-corrected chi connectivity index (χ2v) is 17.9. The van der Waals surface area contributed by atoms with E-state index in [0.29, 0.717) is 0 Å². The van der Waals surface area contributed by atoms with Gasteiger partial charge in [-0.1, -0.05) is 145 Å². The SMILES string of the molecule is Cc1cc2c3c(c1)N(c1cccc(-c4ccc(C(C)(C)C)cc4)c1)c1c(oc4ccccc14)B3c1ccc(-c3ccc(C(C)(C)C)cc3)cc1N2c1ccccc1. The summed E-state index contributed by atoms with van der Waals surface area (Å²) in [6.07, 6.45) is 0. The van der Waals surface area contributed by atoms with Crippen molar-refractivity contribution in [2.24, 2.45) is 0 Å². The van der Waals surface area contributed by atoms with Gasteiger partial charge < -0.3 is 14.2 Å². The summed E-state index contributed by atoms with van der Waals surface area (Å²) in [6.45, 7) is 15.7. The zero-order valence-corrected chi connectivity index (χ0v) is 33.9. The summed E-state index contributed by atoms with van der Waals surface area (Å²) in [5.41, 5.74) is 20.1. The van der Waals surface area contributed by atoms with Gasteiger partial charge in [-0.3, -0.25) is 0 Å². The van der Waals surface area contributed by atoms with Gasteiger partial charge in [-0.05, 0) is 122 Å². The molecule has 3 heterocycles. The van der Waals surface area contributed by atoms with E-state index in [1.54, 1.807) is 0 Å². The van der Waals surface area contributed by atoms with Crippen molar-refractivity contribution in [2.75, 3.05) is 9.80 Å². The topological polar surface area (TPSA) is 19.6 Å². The molecule has 0 aliphatic carbocycles. The lowest BCUT2D eigenvalue weighted by atomic mass is 9.35. The number of nitrogens with zero attached hydrogens (tertiary/aromatic N) is 2. The molecule has 10 rings (SSSR count). The molecule has 7 aromatic carbocycles. The van der Waals surface area contributed by atoms with Crippen LogP contribution in [-0.2, 0) is 10.8 Å². The zero-order valence-electron chi connectivity index (χ0n) is 33.9. The Bertz CT molecular complexity index is 2820. The Balaban J connectivity index is 1.21. The fourth-order valence-corrected chi connectivity index (χ4v) is 9.01. The molecule has 0 saturated carbocycles. The van der Waals surface area contributed by atoms with Crippen LogP contribution in [0.3, 0.4) is 0 Å². The van der Waals surface area contributed by atoms with Crippen molar-refractivity contribution in [3.8, 4) is 22.3 Å². The maximum atomic E-state index is 7.08. The van der Waals surface area contributed by atoms with E-state index in [2.05, 4.69) is 216 Å². The molecule has 0 bridgehead atoms. The third-order valence-corrected chi connectivity index (χ3v) is 12.0. The van der Waals surface area contributed by atoms with Crippen molar-refractivity contribution in [1.29, 1.82) is 0 Å². The summed E-state index contributed by atoms with van der Waals surface area (Å²) in [5.74, 6) is 0. The highest BCUT2D eigenvalue weighted by atomic mass is 16.3. The number of rotatable bonds is 4. The Kier molecular flexibility index (Phi) is 7.96. The van der Waals surface area contributed by atoms with E-state index in [4.69, 9.17) is 4.42 Å². The Labute approximate surface area is 337 Å². The molecule has 4 heteroatoms. The van der Waals surface area contributed by atoms with Crippen molar-refractivity contribution in [3.05, 3.63) is 174 Å². The van der Waals surface area contributed by atoms with Gasteiger partial charge in [0.2, 0.25) is 0 Å². The maximum Gasteiger partial charge on any atom is 0.297 e. The van der Waals surface area contributed by atoms with Crippen LogP contribution >= 0.6 is 0 Å². The fraction of sp³-hybridized carbons (Fsp3) is 0.170. The van der Waals surface area contributed by atoms with Gasteiger partial charge in [0.25, 0.3) is 6.71 Å². The largest absolute Gasteiger partial charge is 0.468 e. The molecule has 0 unspecified atom stereocenters. The molecule has 0 N–H and O–H groups in total. The normalized spacial score (nSPS) is 13.4.